The van der Waals surface area contributed by atoms with E-state index in [1.54, 1.807) is 6.07 Å². The van der Waals surface area contributed by atoms with Crippen LogP contribution in [-0.2, 0) is 17.9 Å². The summed E-state index contributed by atoms with van der Waals surface area (Å²) in [5.74, 6) is 0.339. The Morgan fingerprint density at radius 1 is 1.53 bits per heavy atom. The third-order valence-corrected chi connectivity index (χ3v) is 1.88. The van der Waals surface area contributed by atoms with Crippen LogP contribution >= 0.6 is 0 Å². The summed E-state index contributed by atoms with van der Waals surface area (Å²) in [6.45, 7) is 1.03. The summed E-state index contributed by atoms with van der Waals surface area (Å²) in [4.78, 5) is 0. The minimum Gasteiger partial charge on any atom is -0.467 e. The maximum absolute atomic E-state index is 12.0. The lowest BCUT2D eigenvalue weighted by molar-refractivity contribution is -0.218. The van der Waals surface area contributed by atoms with Crippen molar-refractivity contribution >= 4 is 0 Å². The summed E-state index contributed by atoms with van der Waals surface area (Å²) in [5.41, 5.74) is 6.04. The van der Waals surface area contributed by atoms with Gasteiger partial charge in [0.25, 0.3) is 0 Å². The molecular formula is C9H12F3NO2. The van der Waals surface area contributed by atoms with Gasteiger partial charge in [-0.15, -0.1) is 0 Å². The second-order valence-corrected chi connectivity index (χ2v) is 3.12. The second-order valence-electron chi connectivity index (χ2n) is 3.12. The molecule has 0 saturated carbocycles. The molecule has 1 atom stereocenters. The van der Waals surface area contributed by atoms with Crippen molar-refractivity contribution in [3.8, 4) is 0 Å². The predicted octanol–water partition coefficient (Wildman–Crippen LogP) is 2.21. The van der Waals surface area contributed by atoms with Gasteiger partial charge in [-0.1, -0.05) is 0 Å². The molecule has 15 heavy (non-hydrogen) atoms. The largest absolute Gasteiger partial charge is 0.467 e. The van der Waals surface area contributed by atoms with E-state index in [0.717, 1.165) is 12.5 Å². The predicted molar refractivity (Wildman–Crippen MR) is 46.9 cm³/mol. The van der Waals surface area contributed by atoms with E-state index in [9.17, 15) is 13.2 Å². The van der Waals surface area contributed by atoms with E-state index in [1.165, 1.54) is 6.26 Å². The molecule has 1 rings (SSSR count). The van der Waals surface area contributed by atoms with Gasteiger partial charge in [0.05, 0.1) is 6.26 Å². The van der Waals surface area contributed by atoms with Crippen molar-refractivity contribution in [2.45, 2.75) is 32.4 Å². The maximum Gasteiger partial charge on any atom is 0.414 e. The van der Waals surface area contributed by atoms with Gasteiger partial charge in [0.2, 0.25) is 0 Å². The van der Waals surface area contributed by atoms with Crippen molar-refractivity contribution < 1.29 is 22.3 Å². The summed E-state index contributed by atoms with van der Waals surface area (Å²) in [6.07, 6.45) is -4.75. The van der Waals surface area contributed by atoms with Crippen molar-refractivity contribution in [1.29, 1.82) is 0 Å². The zero-order valence-electron chi connectivity index (χ0n) is 8.17. The molecule has 1 aromatic rings. The van der Waals surface area contributed by atoms with Crippen molar-refractivity contribution in [2.24, 2.45) is 5.73 Å². The van der Waals surface area contributed by atoms with Gasteiger partial charge in [0.15, 0.2) is 6.10 Å². The minimum absolute atomic E-state index is 0.208. The summed E-state index contributed by atoms with van der Waals surface area (Å²) in [6, 6.07) is 1.57. The number of rotatable bonds is 4. The standard InChI is InChI=1S/C9H12F3NO2/c1-6(9(10,11)12)14-5-8-2-7(3-13)4-15-8/h2,4,6H,3,5,13H2,1H3. The van der Waals surface area contributed by atoms with Crippen LogP contribution in [0.15, 0.2) is 16.7 Å². The Morgan fingerprint density at radius 2 is 2.20 bits per heavy atom. The lowest BCUT2D eigenvalue weighted by Crippen LogP contribution is -2.28. The SMILES string of the molecule is CC(OCc1cc(CN)co1)C(F)(F)F. The molecule has 0 bridgehead atoms. The highest BCUT2D eigenvalue weighted by Gasteiger charge is 2.36. The summed E-state index contributed by atoms with van der Waals surface area (Å²) < 4.78 is 45.7. The summed E-state index contributed by atoms with van der Waals surface area (Å²) >= 11 is 0. The lowest BCUT2D eigenvalue weighted by atomic mass is 10.3. The van der Waals surface area contributed by atoms with Crippen molar-refractivity contribution in [1.82, 2.24) is 0 Å². The fourth-order valence-corrected chi connectivity index (χ4v) is 0.911. The summed E-state index contributed by atoms with van der Waals surface area (Å²) in [5, 5.41) is 0. The Bertz CT molecular complexity index is 309. The molecule has 0 aliphatic carbocycles. The first kappa shape index (κ1) is 12.1. The first-order valence-corrected chi connectivity index (χ1v) is 4.38. The molecule has 0 fully saturated rings. The molecule has 0 aliphatic rings. The molecule has 0 amide bonds. The molecule has 0 radical (unpaired) electrons. The molecule has 2 N–H and O–H groups in total. The normalized spacial score (nSPS) is 14.2. The van der Waals surface area contributed by atoms with Crippen LogP contribution in [0, 0.1) is 0 Å². The Labute approximate surface area is 85.0 Å². The Balaban J connectivity index is 2.43. The molecule has 86 valence electrons. The van der Waals surface area contributed by atoms with Crippen molar-refractivity contribution in [3.63, 3.8) is 0 Å². The first-order chi connectivity index (χ1) is 6.93. The molecule has 0 aliphatic heterocycles. The van der Waals surface area contributed by atoms with Gasteiger partial charge in [-0.3, -0.25) is 0 Å². The van der Waals surface area contributed by atoms with E-state index in [1.807, 2.05) is 0 Å². The third-order valence-electron chi connectivity index (χ3n) is 1.88. The van der Waals surface area contributed by atoms with Crippen LogP contribution in [0.2, 0.25) is 0 Å². The number of hydrogen-bond donors (Lipinski definition) is 1. The first-order valence-electron chi connectivity index (χ1n) is 4.38. The average Bonchev–Trinajstić information content (AvgIpc) is 2.60. The van der Waals surface area contributed by atoms with Crippen LogP contribution in [0.4, 0.5) is 13.2 Å². The number of halogens is 3. The molecule has 0 saturated heterocycles. The summed E-state index contributed by atoms with van der Waals surface area (Å²) in [7, 11) is 0. The monoisotopic (exact) mass is 223 g/mol. The van der Waals surface area contributed by atoms with Gasteiger partial charge >= 0.3 is 6.18 Å². The minimum atomic E-state index is -4.34. The van der Waals surface area contributed by atoms with Gasteiger partial charge in [-0.2, -0.15) is 13.2 Å². The van der Waals surface area contributed by atoms with Gasteiger partial charge in [0, 0.05) is 12.1 Å². The zero-order chi connectivity index (χ0) is 11.5. The highest BCUT2D eigenvalue weighted by atomic mass is 19.4. The highest BCUT2D eigenvalue weighted by molar-refractivity contribution is 5.11. The fraction of sp³-hybridized carbons (Fsp3) is 0.556. The molecule has 1 heterocycles. The van der Waals surface area contributed by atoms with Crippen LogP contribution < -0.4 is 5.73 Å². The topological polar surface area (TPSA) is 48.4 Å². The van der Waals surface area contributed by atoms with Gasteiger partial charge in [0.1, 0.15) is 12.4 Å². The van der Waals surface area contributed by atoms with Gasteiger partial charge in [-0.25, -0.2) is 0 Å². The Kier molecular flexibility index (Phi) is 3.76. The number of alkyl halides is 3. The van der Waals surface area contributed by atoms with E-state index < -0.39 is 12.3 Å². The van der Waals surface area contributed by atoms with Gasteiger partial charge in [-0.05, 0) is 13.0 Å². The van der Waals surface area contributed by atoms with Crippen molar-refractivity contribution in [3.05, 3.63) is 23.7 Å². The molecule has 3 nitrogen and oxygen atoms in total. The molecule has 0 aromatic carbocycles. The highest BCUT2D eigenvalue weighted by Crippen LogP contribution is 2.23. The van der Waals surface area contributed by atoms with E-state index in [4.69, 9.17) is 10.2 Å². The van der Waals surface area contributed by atoms with Crippen LogP contribution in [0.3, 0.4) is 0 Å². The molecule has 6 heteroatoms. The zero-order valence-corrected chi connectivity index (χ0v) is 8.17. The number of nitrogens with two attached hydrogens (primary N) is 1. The Morgan fingerprint density at radius 3 is 2.67 bits per heavy atom. The number of furan rings is 1. The second kappa shape index (κ2) is 4.67. The number of hydrogen-bond acceptors (Lipinski definition) is 3. The van der Waals surface area contributed by atoms with Crippen LogP contribution in [0.25, 0.3) is 0 Å². The quantitative estimate of drug-likeness (QED) is 0.851. The lowest BCUT2D eigenvalue weighted by Gasteiger charge is -2.15. The molecule has 0 spiro atoms. The van der Waals surface area contributed by atoms with Crippen LogP contribution in [-0.4, -0.2) is 12.3 Å². The smallest absolute Gasteiger partial charge is 0.414 e. The number of ether oxygens (including phenoxy) is 1. The van der Waals surface area contributed by atoms with E-state index in [-0.39, 0.29) is 6.61 Å². The van der Waals surface area contributed by atoms with E-state index in [0.29, 0.717) is 12.3 Å². The molecule has 1 aromatic heterocycles. The third kappa shape index (κ3) is 3.56. The van der Waals surface area contributed by atoms with Crippen LogP contribution in [0.1, 0.15) is 18.2 Å². The van der Waals surface area contributed by atoms with Crippen molar-refractivity contribution in [2.75, 3.05) is 0 Å². The fourth-order valence-electron chi connectivity index (χ4n) is 0.911. The molecular weight excluding hydrogens is 211 g/mol. The van der Waals surface area contributed by atoms with Crippen LogP contribution in [0.5, 0.6) is 0 Å². The average molecular weight is 223 g/mol. The van der Waals surface area contributed by atoms with E-state index >= 15 is 0 Å². The Hall–Kier alpha value is -1.01. The molecule has 1 unspecified atom stereocenters. The van der Waals surface area contributed by atoms with E-state index in [2.05, 4.69) is 4.74 Å². The van der Waals surface area contributed by atoms with Gasteiger partial charge < -0.3 is 14.9 Å². The maximum atomic E-state index is 12.0.